The van der Waals surface area contributed by atoms with Gasteiger partial charge in [0.2, 0.25) is 0 Å². The fourth-order valence-corrected chi connectivity index (χ4v) is 5.32. The van der Waals surface area contributed by atoms with E-state index < -0.39 is 59.0 Å². The summed E-state index contributed by atoms with van der Waals surface area (Å²) in [6.07, 6.45) is 1.24. The summed E-state index contributed by atoms with van der Waals surface area (Å²) in [6, 6.07) is 1.71. The molecule has 0 saturated heterocycles. The molecule has 1 aromatic carbocycles. The van der Waals surface area contributed by atoms with Crippen LogP contribution in [0, 0.1) is 11.3 Å². The number of aromatic nitrogens is 2. The van der Waals surface area contributed by atoms with E-state index in [4.69, 9.17) is 27.9 Å². The Morgan fingerprint density at radius 2 is 1.81 bits per heavy atom. The molecule has 0 radical (unpaired) electrons. The number of hydrogen-bond donors (Lipinski definition) is 1. The summed E-state index contributed by atoms with van der Waals surface area (Å²) in [4.78, 5) is 10.2. The molecule has 1 fully saturated rings. The van der Waals surface area contributed by atoms with Gasteiger partial charge in [-0.2, -0.15) is 18.8 Å². The Kier molecular flexibility index (Phi) is 6.55. The molecule has 0 spiro atoms. The van der Waals surface area contributed by atoms with Crippen LogP contribution in [0.15, 0.2) is 17.0 Å². The smallest absolute Gasteiger partial charge is 0.316 e. The molecule has 9 nitrogen and oxygen atoms in total. The molecule has 2 aromatic rings. The van der Waals surface area contributed by atoms with Crippen molar-refractivity contribution in [3.63, 3.8) is 0 Å². The average Bonchev–Trinajstić information content (AvgIpc) is 3.44. The molecule has 18 heteroatoms. The second-order valence-electron chi connectivity index (χ2n) is 7.83. The molecule has 1 aliphatic rings. The van der Waals surface area contributed by atoms with Gasteiger partial charge in [-0.05, 0) is 25.0 Å². The first-order valence-corrected chi connectivity index (χ1v) is 14.2. The van der Waals surface area contributed by atoms with Gasteiger partial charge < -0.3 is 10.1 Å². The van der Waals surface area contributed by atoms with Crippen molar-refractivity contribution in [3.8, 4) is 11.8 Å². The van der Waals surface area contributed by atoms with Crippen molar-refractivity contribution in [2.45, 2.75) is 23.2 Å². The Balaban J connectivity index is 2.23. The molecule has 0 aliphatic heterocycles. The summed E-state index contributed by atoms with van der Waals surface area (Å²) in [5, 5.41) is 14.6. The molecule has 200 valence electrons. The minimum absolute atomic E-state index is 0.0138. The van der Waals surface area contributed by atoms with Crippen LogP contribution in [-0.2, 0) is 29.2 Å². The maximum absolute atomic E-state index is 13.3. The molecule has 0 amide bonds. The Morgan fingerprint density at radius 3 is 2.22 bits per heavy atom. The van der Waals surface area contributed by atoms with Crippen LogP contribution in [0.2, 0.25) is 10.0 Å². The zero-order valence-electron chi connectivity index (χ0n) is 18.3. The monoisotopic (exact) mass is 598 g/mol. The molecule has 0 unspecified atom stereocenters. The lowest BCUT2D eigenvalue weighted by Gasteiger charge is -2.40. The summed E-state index contributed by atoms with van der Waals surface area (Å²) in [5.41, 5.74) is -2.21. The molecule has 0 atom stereocenters. The van der Waals surface area contributed by atoms with Crippen molar-refractivity contribution in [2.75, 3.05) is 31.8 Å². The molecule has 0 bridgehead atoms. The molecule has 1 N–H and O–H groups in total. The lowest BCUT2D eigenvalue weighted by molar-refractivity contribution is -0.143. The third-order valence-electron chi connectivity index (χ3n) is 5.14. The summed E-state index contributed by atoms with van der Waals surface area (Å²) in [5.74, 6) is -0.905. The quantitative estimate of drug-likeness (QED) is 0.178. The highest BCUT2D eigenvalue weighted by molar-refractivity contribution is 8.45. The maximum Gasteiger partial charge on any atom is 0.316 e. The first-order chi connectivity index (χ1) is 16.2. The van der Waals surface area contributed by atoms with Gasteiger partial charge in [0.1, 0.15) is 22.5 Å². The highest BCUT2D eigenvalue weighted by atomic mass is 35.5. The first kappa shape index (κ1) is 28.3. The number of nitrogens with zero attached hydrogens (tertiary/aromatic N) is 3. The summed E-state index contributed by atoms with van der Waals surface area (Å²) in [7, 11) is -12.9. The van der Waals surface area contributed by atoms with E-state index in [1.807, 2.05) is 0 Å². The van der Waals surface area contributed by atoms with Crippen molar-refractivity contribution in [2.24, 2.45) is 0 Å². The predicted octanol–water partition coefficient (Wildman–Crippen LogP) is 5.30. The zero-order chi connectivity index (χ0) is 27.4. The average molecular weight is 599 g/mol. The van der Waals surface area contributed by atoms with Crippen molar-refractivity contribution in [3.05, 3.63) is 33.4 Å². The minimum Gasteiger partial charge on any atom is -0.468 e. The summed E-state index contributed by atoms with van der Waals surface area (Å²) < 4.78 is 99.4. The van der Waals surface area contributed by atoms with Crippen LogP contribution < -0.4 is 5.32 Å². The molecule has 36 heavy (non-hydrogen) atoms. The van der Waals surface area contributed by atoms with Gasteiger partial charge in [0.05, 0.1) is 41.0 Å². The predicted molar refractivity (Wildman–Crippen MR) is 122 cm³/mol. The highest BCUT2D eigenvalue weighted by Crippen LogP contribution is 3.02. The number of esters is 1. The van der Waals surface area contributed by atoms with Gasteiger partial charge in [0.15, 0.2) is 5.69 Å². The van der Waals surface area contributed by atoms with Gasteiger partial charge in [-0.1, -0.05) is 42.6 Å². The van der Waals surface area contributed by atoms with Crippen LogP contribution in [0.5, 0.6) is 0 Å². The SMILES string of the molecule is COC(=O)C1(c2c(C#N)nn(-c3c(Cl)cc(S(F)(F)(F)(F)F)cc3Cl)c2NCCOS(C)(=O)=O)CC1. The number of carbonyl (C=O) groups excluding carboxylic acids is 1. The Bertz CT molecular complexity index is 1380. The normalized spacial score (nSPS) is 17.0. The van der Waals surface area contributed by atoms with Crippen molar-refractivity contribution in [1.82, 2.24) is 9.78 Å². The Morgan fingerprint density at radius 1 is 1.25 bits per heavy atom. The lowest BCUT2D eigenvalue weighted by atomic mass is 9.95. The van der Waals surface area contributed by atoms with Gasteiger partial charge in [-0.3, -0.25) is 8.98 Å². The molecular weight excluding hydrogens is 582 g/mol. The number of nitrogens with one attached hydrogen (secondary N) is 1. The minimum atomic E-state index is -10.2. The van der Waals surface area contributed by atoms with Crippen LogP contribution >= 0.6 is 33.4 Å². The number of rotatable bonds is 9. The molecule has 3 rings (SSSR count). The third-order valence-corrected chi connectivity index (χ3v) is 7.43. The molecule has 1 aromatic heterocycles. The van der Waals surface area contributed by atoms with E-state index in [2.05, 4.69) is 14.6 Å². The van der Waals surface area contributed by atoms with Crippen molar-refractivity contribution < 1.29 is 41.6 Å². The van der Waals surface area contributed by atoms with E-state index in [0.29, 0.717) is 0 Å². The number of methoxy groups -OCH3 is 1. The second-order valence-corrected chi connectivity index (χ2v) is 12.7. The zero-order valence-corrected chi connectivity index (χ0v) is 21.5. The number of hydrogen-bond acceptors (Lipinski definition) is 8. The molecule has 1 aliphatic carbocycles. The second kappa shape index (κ2) is 8.35. The van der Waals surface area contributed by atoms with E-state index >= 15 is 0 Å². The number of anilines is 1. The van der Waals surface area contributed by atoms with Gasteiger partial charge in [0, 0.05) is 6.54 Å². The first-order valence-electron chi connectivity index (χ1n) is 9.68. The number of halogens is 7. The van der Waals surface area contributed by atoms with Crippen LogP contribution in [0.4, 0.5) is 25.2 Å². The number of ether oxygens (including phenoxy) is 1. The Labute approximate surface area is 211 Å². The number of nitriles is 1. The standard InChI is InChI=1S/C18H17Cl2F5N4O5S2/c1-33-17(30)18(3-4-18)14-13(9-26)28-29(16(14)27-5-6-34-35(2,31)32)15-11(19)7-10(8-12(15)20)36(21,22,23,24)25/h7-8,27H,3-6H2,1-2H3. The van der Waals surface area contributed by atoms with E-state index in [0.717, 1.165) is 18.0 Å². The van der Waals surface area contributed by atoms with Gasteiger partial charge >= 0.3 is 16.2 Å². The largest absolute Gasteiger partial charge is 0.468 e. The van der Waals surface area contributed by atoms with Gasteiger partial charge in [0.25, 0.3) is 10.1 Å². The van der Waals surface area contributed by atoms with Crippen LogP contribution in [0.25, 0.3) is 5.69 Å². The summed E-state index contributed by atoms with van der Waals surface area (Å²) in [6.45, 7) is -0.687. The van der Waals surface area contributed by atoms with E-state index in [-0.39, 0.29) is 48.6 Å². The van der Waals surface area contributed by atoms with E-state index in [9.17, 15) is 37.9 Å². The topological polar surface area (TPSA) is 123 Å². The third kappa shape index (κ3) is 5.65. The fourth-order valence-electron chi connectivity index (χ4n) is 3.48. The summed E-state index contributed by atoms with van der Waals surface area (Å²) >= 11 is 11.9. The number of carbonyl (C=O) groups is 1. The van der Waals surface area contributed by atoms with Crippen LogP contribution in [0.1, 0.15) is 24.1 Å². The lowest BCUT2D eigenvalue weighted by Crippen LogP contribution is -2.25. The van der Waals surface area contributed by atoms with Gasteiger partial charge in [-0.15, -0.1) is 0 Å². The maximum atomic E-state index is 13.3. The van der Waals surface area contributed by atoms with Gasteiger partial charge in [-0.25, -0.2) is 4.68 Å². The van der Waals surface area contributed by atoms with E-state index in [1.54, 1.807) is 6.07 Å². The fraction of sp³-hybridized carbons (Fsp3) is 0.389. The van der Waals surface area contributed by atoms with Crippen molar-refractivity contribution in [1.29, 1.82) is 5.26 Å². The highest BCUT2D eigenvalue weighted by Gasteiger charge is 2.65. The Hall–Kier alpha value is -2.32. The molecule has 1 saturated carbocycles. The van der Waals surface area contributed by atoms with Crippen LogP contribution in [0.3, 0.4) is 0 Å². The number of benzene rings is 1. The molecular formula is C18H17Cl2F5N4O5S2. The van der Waals surface area contributed by atoms with Crippen LogP contribution in [-0.4, -0.2) is 50.7 Å². The van der Waals surface area contributed by atoms with E-state index in [1.165, 1.54) is 0 Å². The van der Waals surface area contributed by atoms with Crippen molar-refractivity contribution >= 4 is 55.3 Å². The molecule has 1 heterocycles.